The smallest absolute Gasteiger partial charge is 0.0765 e. The van der Waals surface area contributed by atoms with Crippen LogP contribution in [0.15, 0.2) is 146 Å². The van der Waals surface area contributed by atoms with Crippen molar-refractivity contribution in [3.8, 4) is 33.4 Å². The number of fused-ring (bicyclic) bond motifs is 3. The molecule has 2 unspecified atom stereocenters. The van der Waals surface area contributed by atoms with Crippen LogP contribution in [0, 0.1) is 5.92 Å². The van der Waals surface area contributed by atoms with Crippen LogP contribution in [-0.4, -0.2) is 11.3 Å². The highest BCUT2D eigenvalue weighted by atomic mass is 15.7. The molecule has 0 saturated heterocycles. The average molecular weight is 589 g/mol. The van der Waals surface area contributed by atoms with E-state index in [1.165, 1.54) is 38.9 Å². The fourth-order valence-corrected chi connectivity index (χ4v) is 6.75. The Bertz CT molecular complexity index is 1860. The molecule has 45 heavy (non-hydrogen) atoms. The van der Waals surface area contributed by atoms with Gasteiger partial charge in [0.2, 0.25) is 0 Å². The summed E-state index contributed by atoms with van der Waals surface area (Å²) in [6, 6.07) is 43.5. The van der Waals surface area contributed by atoms with Crippen molar-refractivity contribution in [1.82, 2.24) is 10.5 Å². The van der Waals surface area contributed by atoms with Crippen LogP contribution in [0.1, 0.15) is 37.0 Å². The van der Waals surface area contributed by atoms with Crippen LogP contribution >= 0.6 is 0 Å². The van der Waals surface area contributed by atoms with E-state index in [0.29, 0.717) is 6.54 Å². The molecule has 0 spiro atoms. The van der Waals surface area contributed by atoms with Crippen LogP contribution < -0.4 is 16.6 Å². The molecule has 4 heteroatoms. The first-order chi connectivity index (χ1) is 22.0. The van der Waals surface area contributed by atoms with E-state index in [1.807, 2.05) is 0 Å². The van der Waals surface area contributed by atoms with Crippen molar-refractivity contribution in [1.29, 1.82) is 0 Å². The lowest BCUT2D eigenvalue weighted by Crippen LogP contribution is -2.54. The first-order valence-electron chi connectivity index (χ1n) is 15.8. The summed E-state index contributed by atoms with van der Waals surface area (Å²) in [5, 5.41) is 2.06. The van der Waals surface area contributed by atoms with E-state index < -0.39 is 0 Å². The van der Waals surface area contributed by atoms with Crippen molar-refractivity contribution in [2.75, 3.05) is 5.43 Å². The number of rotatable bonds is 9. The maximum absolute atomic E-state index is 6.80. The summed E-state index contributed by atoms with van der Waals surface area (Å²) in [5.74, 6) is 0.199. The van der Waals surface area contributed by atoms with Gasteiger partial charge in [0.1, 0.15) is 0 Å². The van der Waals surface area contributed by atoms with Gasteiger partial charge in [-0.2, -0.15) is 5.12 Å². The Balaban J connectivity index is 1.34. The van der Waals surface area contributed by atoms with Gasteiger partial charge < -0.3 is 11.2 Å². The number of hydrazine groups is 2. The second-order valence-corrected chi connectivity index (χ2v) is 12.6. The first kappa shape index (κ1) is 29.0. The first-order valence-corrected chi connectivity index (χ1v) is 15.8. The van der Waals surface area contributed by atoms with Gasteiger partial charge >= 0.3 is 0 Å². The van der Waals surface area contributed by atoms with Gasteiger partial charge in [-0.15, -0.1) is 0 Å². The SMILES string of the molecule is CC1(C)c2ccccc2-c2cc(NN(Cc3ccccc3)NC(N)C3C=CC=CC3)c(-c3cccc(-c4ccccc4)c3)cc21. The number of hydrogen-bond donors (Lipinski definition) is 3. The predicted octanol–water partition coefficient (Wildman–Crippen LogP) is 9.08. The molecule has 7 rings (SSSR count). The van der Waals surface area contributed by atoms with E-state index in [-0.39, 0.29) is 17.5 Å². The van der Waals surface area contributed by atoms with Gasteiger partial charge in [0.15, 0.2) is 0 Å². The summed E-state index contributed by atoms with van der Waals surface area (Å²) >= 11 is 0. The van der Waals surface area contributed by atoms with Crippen molar-refractivity contribution in [2.45, 2.75) is 38.4 Å². The molecule has 0 fully saturated rings. The lowest BCUT2D eigenvalue weighted by Gasteiger charge is -2.32. The zero-order valence-electron chi connectivity index (χ0n) is 25.9. The average Bonchev–Trinajstić information content (AvgIpc) is 3.31. The molecule has 0 saturated carbocycles. The molecule has 4 N–H and O–H groups in total. The predicted molar refractivity (Wildman–Crippen MR) is 188 cm³/mol. The fraction of sp³-hybridized carbons (Fsp3) is 0.171. The summed E-state index contributed by atoms with van der Waals surface area (Å²) in [6.45, 7) is 5.30. The summed E-state index contributed by atoms with van der Waals surface area (Å²) in [4.78, 5) is 0. The standard InChI is InChI=1S/C41H40N4/c1-41(2)37-24-13-12-23-34(37)36-27-39(35(26-38(36)41)33-22-14-21-32(25-33)30-17-8-4-9-18-30)43-45(28-29-15-6-3-7-16-29)44-40(42)31-19-10-5-11-20-31/h3-19,21-27,31,40,43-44H,20,28,42H2,1-2H3. The van der Waals surface area contributed by atoms with Gasteiger partial charge in [-0.3, -0.25) is 0 Å². The zero-order valence-corrected chi connectivity index (χ0v) is 25.9. The fourth-order valence-electron chi connectivity index (χ4n) is 6.75. The van der Waals surface area contributed by atoms with Gasteiger partial charge in [-0.25, -0.2) is 5.43 Å². The number of allylic oxidation sites excluding steroid dienone is 3. The molecule has 0 aromatic heterocycles. The summed E-state index contributed by atoms with van der Waals surface area (Å²) < 4.78 is 0. The molecule has 5 aromatic carbocycles. The Morgan fingerprint density at radius 3 is 2.20 bits per heavy atom. The van der Waals surface area contributed by atoms with Crippen LogP contribution in [0.4, 0.5) is 5.69 Å². The molecule has 224 valence electrons. The number of nitrogens with zero attached hydrogens (tertiary/aromatic N) is 1. The minimum absolute atomic E-state index is 0.110. The number of hydrogen-bond acceptors (Lipinski definition) is 4. The van der Waals surface area contributed by atoms with E-state index >= 15 is 0 Å². The molecular weight excluding hydrogens is 548 g/mol. The third-order valence-corrected chi connectivity index (χ3v) is 9.22. The minimum Gasteiger partial charge on any atom is -0.314 e. The molecule has 2 atom stereocenters. The van der Waals surface area contributed by atoms with E-state index in [2.05, 4.69) is 175 Å². The lowest BCUT2D eigenvalue weighted by atomic mass is 9.81. The number of nitrogens with two attached hydrogens (primary N) is 1. The van der Waals surface area contributed by atoms with E-state index in [9.17, 15) is 0 Å². The van der Waals surface area contributed by atoms with E-state index in [0.717, 1.165) is 23.2 Å². The van der Waals surface area contributed by atoms with Crippen LogP contribution in [0.2, 0.25) is 0 Å². The summed E-state index contributed by atoms with van der Waals surface area (Å²) in [5.41, 5.74) is 26.3. The van der Waals surface area contributed by atoms with Crippen LogP contribution in [-0.2, 0) is 12.0 Å². The number of nitrogens with one attached hydrogen (secondary N) is 2. The third kappa shape index (κ3) is 5.88. The number of benzene rings is 5. The molecule has 0 radical (unpaired) electrons. The highest BCUT2D eigenvalue weighted by Gasteiger charge is 2.36. The molecule has 2 aliphatic carbocycles. The van der Waals surface area contributed by atoms with E-state index in [4.69, 9.17) is 5.73 Å². The van der Waals surface area contributed by atoms with Gasteiger partial charge in [-0.05, 0) is 69.1 Å². The van der Waals surface area contributed by atoms with E-state index in [1.54, 1.807) is 0 Å². The van der Waals surface area contributed by atoms with Gasteiger partial charge in [0.25, 0.3) is 0 Å². The largest absolute Gasteiger partial charge is 0.314 e. The maximum Gasteiger partial charge on any atom is 0.0765 e. The summed E-state index contributed by atoms with van der Waals surface area (Å²) in [6.07, 6.45) is 9.18. The number of anilines is 1. The molecule has 5 aromatic rings. The second-order valence-electron chi connectivity index (χ2n) is 12.6. The molecule has 4 nitrogen and oxygen atoms in total. The minimum atomic E-state index is -0.263. The Morgan fingerprint density at radius 2 is 1.42 bits per heavy atom. The van der Waals surface area contributed by atoms with Crippen LogP contribution in [0.25, 0.3) is 33.4 Å². The van der Waals surface area contributed by atoms with Gasteiger partial charge in [-0.1, -0.05) is 141 Å². The lowest BCUT2D eigenvalue weighted by molar-refractivity contribution is 0.167. The quantitative estimate of drug-likeness (QED) is 0.119. The summed E-state index contributed by atoms with van der Waals surface area (Å²) in [7, 11) is 0. The Kier molecular flexibility index (Phi) is 7.95. The molecular formula is C41H40N4. The molecule has 2 aliphatic rings. The highest BCUT2D eigenvalue weighted by Crippen LogP contribution is 2.51. The second kappa shape index (κ2) is 12.3. The normalized spacial score (nSPS) is 16.8. The third-order valence-electron chi connectivity index (χ3n) is 9.22. The van der Waals surface area contributed by atoms with Crippen LogP contribution in [0.3, 0.4) is 0 Å². The molecule has 0 amide bonds. The Morgan fingerprint density at radius 1 is 0.711 bits per heavy atom. The van der Waals surface area contributed by atoms with Crippen molar-refractivity contribution < 1.29 is 0 Å². The molecule has 0 bridgehead atoms. The highest BCUT2D eigenvalue weighted by molar-refractivity contribution is 5.90. The molecule has 0 aliphatic heterocycles. The van der Waals surface area contributed by atoms with Gasteiger partial charge in [0, 0.05) is 16.9 Å². The van der Waals surface area contributed by atoms with Crippen molar-refractivity contribution in [3.05, 3.63) is 162 Å². The Labute approximate surface area is 266 Å². The Hall–Kier alpha value is -4.74. The van der Waals surface area contributed by atoms with Crippen molar-refractivity contribution in [3.63, 3.8) is 0 Å². The zero-order chi connectivity index (χ0) is 30.8. The monoisotopic (exact) mass is 588 g/mol. The van der Waals surface area contributed by atoms with Gasteiger partial charge in [0.05, 0.1) is 18.4 Å². The topological polar surface area (TPSA) is 53.3 Å². The van der Waals surface area contributed by atoms with Crippen molar-refractivity contribution >= 4 is 5.69 Å². The molecule has 0 heterocycles. The maximum atomic E-state index is 6.80. The van der Waals surface area contributed by atoms with Crippen LogP contribution in [0.5, 0.6) is 0 Å². The van der Waals surface area contributed by atoms with Crippen molar-refractivity contribution in [2.24, 2.45) is 11.7 Å².